The number of aryl methyl sites for hydroxylation is 4. The SMILES string of the molecule is C/C(O)=C(\CSC1CCCCC1)Oc1c(C)cc(C(C)(C)c2cc(C)c(OCC(C)(O)CSC3CCCCC3)c(C)c2)cc1C. The van der Waals surface area contributed by atoms with Gasteiger partial charge >= 0.3 is 0 Å². The summed E-state index contributed by atoms with van der Waals surface area (Å²) >= 11 is 3.83. The fourth-order valence-corrected chi connectivity index (χ4v) is 9.40. The monoisotopic (exact) mass is 654 g/mol. The Hall–Kier alpha value is -1.76. The van der Waals surface area contributed by atoms with Gasteiger partial charge in [0.25, 0.3) is 0 Å². The zero-order chi connectivity index (χ0) is 32.8. The average Bonchev–Trinajstić information content (AvgIpc) is 2.99. The zero-order valence-corrected chi connectivity index (χ0v) is 30.8. The van der Waals surface area contributed by atoms with E-state index < -0.39 is 5.60 Å². The second-order valence-corrected chi connectivity index (χ2v) is 17.1. The van der Waals surface area contributed by atoms with Gasteiger partial charge in [0, 0.05) is 21.7 Å². The van der Waals surface area contributed by atoms with Crippen molar-refractivity contribution in [3.05, 3.63) is 69.2 Å². The normalized spacial score (nSPS) is 18.8. The van der Waals surface area contributed by atoms with Crippen molar-refractivity contribution in [2.45, 2.75) is 141 Å². The van der Waals surface area contributed by atoms with E-state index in [1.54, 1.807) is 6.92 Å². The predicted molar refractivity (Wildman–Crippen MR) is 195 cm³/mol. The van der Waals surface area contributed by atoms with Gasteiger partial charge in [-0.25, -0.2) is 0 Å². The van der Waals surface area contributed by atoms with Crippen LogP contribution in [0.15, 0.2) is 35.8 Å². The van der Waals surface area contributed by atoms with Crippen molar-refractivity contribution < 1.29 is 19.7 Å². The molecule has 0 bridgehead atoms. The molecule has 0 aromatic heterocycles. The van der Waals surface area contributed by atoms with Crippen LogP contribution in [0, 0.1) is 27.7 Å². The maximum atomic E-state index is 11.1. The molecule has 2 aromatic rings. The number of aliphatic hydroxyl groups is 2. The summed E-state index contributed by atoms with van der Waals surface area (Å²) in [7, 11) is 0. The number of hydrogen-bond acceptors (Lipinski definition) is 6. The summed E-state index contributed by atoms with van der Waals surface area (Å²) in [6, 6.07) is 8.94. The summed E-state index contributed by atoms with van der Waals surface area (Å²) in [5.41, 5.74) is 5.66. The number of benzene rings is 2. The van der Waals surface area contributed by atoms with Crippen LogP contribution in [-0.2, 0) is 5.41 Å². The summed E-state index contributed by atoms with van der Waals surface area (Å²) in [6.07, 6.45) is 13.0. The van der Waals surface area contributed by atoms with E-state index in [1.807, 2.05) is 30.4 Å². The number of thioether (sulfide) groups is 2. The van der Waals surface area contributed by atoms with Crippen molar-refractivity contribution in [2.75, 3.05) is 18.1 Å². The van der Waals surface area contributed by atoms with E-state index in [9.17, 15) is 10.2 Å². The smallest absolute Gasteiger partial charge is 0.151 e. The van der Waals surface area contributed by atoms with Crippen LogP contribution < -0.4 is 9.47 Å². The molecule has 2 saturated carbocycles. The van der Waals surface area contributed by atoms with Crippen LogP contribution in [0.5, 0.6) is 11.5 Å². The van der Waals surface area contributed by atoms with Gasteiger partial charge < -0.3 is 19.7 Å². The van der Waals surface area contributed by atoms with Gasteiger partial charge in [0.1, 0.15) is 29.5 Å². The van der Waals surface area contributed by atoms with E-state index in [-0.39, 0.29) is 11.2 Å². The molecule has 2 aromatic carbocycles. The molecular formula is C39H58O4S2. The zero-order valence-electron chi connectivity index (χ0n) is 29.2. The van der Waals surface area contributed by atoms with Gasteiger partial charge in [0.15, 0.2) is 5.76 Å². The number of hydrogen-bond donors (Lipinski definition) is 2. The lowest BCUT2D eigenvalue weighted by molar-refractivity contribution is 0.0322. The number of aliphatic hydroxyl groups excluding tert-OH is 1. The molecule has 2 fully saturated rings. The lowest BCUT2D eigenvalue weighted by Gasteiger charge is -2.30. The van der Waals surface area contributed by atoms with E-state index in [0.29, 0.717) is 34.4 Å². The van der Waals surface area contributed by atoms with Crippen LogP contribution in [0.1, 0.15) is 125 Å². The molecular weight excluding hydrogens is 597 g/mol. The first-order valence-electron chi connectivity index (χ1n) is 17.2. The van der Waals surface area contributed by atoms with Crippen LogP contribution in [0.2, 0.25) is 0 Å². The summed E-state index contributed by atoms with van der Waals surface area (Å²) in [4.78, 5) is 0. The fourth-order valence-electron chi connectivity index (χ4n) is 6.73. The molecule has 2 N–H and O–H groups in total. The van der Waals surface area contributed by atoms with E-state index in [0.717, 1.165) is 33.8 Å². The molecule has 0 saturated heterocycles. The van der Waals surface area contributed by atoms with Gasteiger partial charge in [-0.15, -0.1) is 0 Å². The molecule has 0 heterocycles. The third kappa shape index (κ3) is 9.87. The highest BCUT2D eigenvalue weighted by Crippen LogP contribution is 2.40. The lowest BCUT2D eigenvalue weighted by Crippen LogP contribution is -2.36. The average molecular weight is 655 g/mol. The Kier molecular flexibility index (Phi) is 12.7. The molecule has 6 heteroatoms. The van der Waals surface area contributed by atoms with Crippen LogP contribution in [0.4, 0.5) is 0 Å². The lowest BCUT2D eigenvalue weighted by atomic mass is 9.76. The highest BCUT2D eigenvalue weighted by atomic mass is 32.2. The number of allylic oxidation sites excluding steroid dienone is 1. The second-order valence-electron chi connectivity index (χ2n) is 14.5. The molecule has 45 heavy (non-hydrogen) atoms. The summed E-state index contributed by atoms with van der Waals surface area (Å²) < 4.78 is 12.7. The number of rotatable bonds is 13. The highest BCUT2D eigenvalue weighted by molar-refractivity contribution is 8.00. The first kappa shape index (κ1) is 36.1. The second kappa shape index (κ2) is 15.9. The Morgan fingerprint density at radius 2 is 1.18 bits per heavy atom. The fraction of sp³-hybridized carbons (Fsp3) is 0.641. The Morgan fingerprint density at radius 3 is 1.64 bits per heavy atom. The van der Waals surface area contributed by atoms with Crippen molar-refractivity contribution in [1.82, 2.24) is 0 Å². The minimum absolute atomic E-state index is 0.243. The van der Waals surface area contributed by atoms with Crippen LogP contribution in [0.25, 0.3) is 0 Å². The van der Waals surface area contributed by atoms with Gasteiger partial charge in [-0.05, 0) is 101 Å². The predicted octanol–water partition coefficient (Wildman–Crippen LogP) is 10.7. The van der Waals surface area contributed by atoms with Crippen LogP contribution >= 0.6 is 23.5 Å². The molecule has 0 amide bonds. The minimum atomic E-state index is -0.865. The molecule has 2 aliphatic carbocycles. The van der Waals surface area contributed by atoms with E-state index in [4.69, 9.17) is 9.47 Å². The Morgan fingerprint density at radius 1 is 0.733 bits per heavy atom. The van der Waals surface area contributed by atoms with Crippen LogP contribution in [-0.4, -0.2) is 44.4 Å². The van der Waals surface area contributed by atoms with Gasteiger partial charge in [0.2, 0.25) is 0 Å². The molecule has 0 spiro atoms. The van der Waals surface area contributed by atoms with Gasteiger partial charge in [-0.1, -0.05) is 76.6 Å². The maximum Gasteiger partial charge on any atom is 0.151 e. The Bertz CT molecular complexity index is 1270. The molecule has 0 radical (unpaired) electrons. The summed E-state index contributed by atoms with van der Waals surface area (Å²) in [5.74, 6) is 4.04. The molecule has 4 rings (SSSR count). The highest BCUT2D eigenvalue weighted by Gasteiger charge is 2.29. The quantitative estimate of drug-likeness (QED) is 0.210. The molecule has 2 aliphatic rings. The third-order valence-electron chi connectivity index (χ3n) is 9.70. The summed E-state index contributed by atoms with van der Waals surface area (Å²) in [5, 5.41) is 22.9. The third-order valence-corrected chi connectivity index (χ3v) is 12.8. The molecule has 0 aliphatic heterocycles. The topological polar surface area (TPSA) is 58.9 Å². The molecule has 1 atom stereocenters. The minimum Gasteiger partial charge on any atom is -0.509 e. The summed E-state index contributed by atoms with van der Waals surface area (Å²) in [6.45, 7) is 16.9. The van der Waals surface area contributed by atoms with E-state index in [1.165, 1.54) is 75.3 Å². The van der Waals surface area contributed by atoms with E-state index >= 15 is 0 Å². The van der Waals surface area contributed by atoms with Gasteiger partial charge in [-0.3, -0.25) is 0 Å². The first-order chi connectivity index (χ1) is 21.3. The van der Waals surface area contributed by atoms with Gasteiger partial charge in [-0.2, -0.15) is 23.5 Å². The standard InChI is InChI=1S/C39H58O4S2/c1-26-19-31(20-27(2)36(26)42-24-39(8,41)25-45-34-17-13-10-14-18-34)38(6,7)32-21-28(3)37(29(4)22-32)43-35(30(5)40)23-44-33-15-11-9-12-16-33/h19-22,33-34,40-41H,9-18,23-25H2,1-8H3/b35-30-. The molecule has 1 unspecified atom stereocenters. The van der Waals surface area contributed by atoms with E-state index in [2.05, 4.69) is 65.8 Å². The Balaban J connectivity index is 1.45. The van der Waals surface area contributed by atoms with Gasteiger partial charge in [0.05, 0.1) is 5.75 Å². The van der Waals surface area contributed by atoms with Crippen molar-refractivity contribution in [3.8, 4) is 11.5 Å². The van der Waals surface area contributed by atoms with Crippen LogP contribution in [0.3, 0.4) is 0 Å². The van der Waals surface area contributed by atoms with Crippen molar-refractivity contribution in [1.29, 1.82) is 0 Å². The van der Waals surface area contributed by atoms with Crippen molar-refractivity contribution >= 4 is 23.5 Å². The molecule has 4 nitrogen and oxygen atoms in total. The Labute approximate surface area is 282 Å². The molecule has 250 valence electrons. The first-order valence-corrected chi connectivity index (χ1v) is 19.2. The van der Waals surface area contributed by atoms with Crippen molar-refractivity contribution in [3.63, 3.8) is 0 Å². The number of ether oxygens (including phenoxy) is 2. The maximum absolute atomic E-state index is 11.1. The van der Waals surface area contributed by atoms with Crippen molar-refractivity contribution in [2.24, 2.45) is 0 Å². The largest absolute Gasteiger partial charge is 0.509 e.